The molecule has 7 nitrogen and oxygen atoms in total. The number of hydrogen-bond acceptors (Lipinski definition) is 6. The van der Waals surface area contributed by atoms with Crippen LogP contribution in [0.25, 0.3) is 22.4 Å². The van der Waals surface area contributed by atoms with Crippen LogP contribution in [0.15, 0.2) is 35.2 Å². The molecule has 1 aromatic carbocycles. The number of aromatic amines is 1. The Morgan fingerprint density at radius 1 is 1.32 bits per heavy atom. The summed E-state index contributed by atoms with van der Waals surface area (Å²) in [5.41, 5.74) is 7.49. The Kier molecular flexibility index (Phi) is 3.66. The van der Waals surface area contributed by atoms with Gasteiger partial charge in [-0.3, -0.25) is 10.1 Å². The number of fused-ring (bicyclic) bond motifs is 2. The minimum Gasteiger partial charge on any atom is -0.442 e. The third-order valence-corrected chi connectivity index (χ3v) is 5.48. The SMILES string of the molecule is Cc1nc2c(c(C)c1C#N)CC[C@@H]2Nc1ccc2[nH]nc(-c3cnco3)c2c1. The van der Waals surface area contributed by atoms with Crippen LogP contribution in [0.1, 0.15) is 40.5 Å². The molecule has 1 atom stereocenters. The van der Waals surface area contributed by atoms with Crippen LogP contribution >= 0.6 is 0 Å². The fourth-order valence-corrected chi connectivity index (χ4v) is 4.08. The molecule has 138 valence electrons. The number of aryl methyl sites for hydroxylation is 1. The highest BCUT2D eigenvalue weighted by Gasteiger charge is 2.28. The summed E-state index contributed by atoms with van der Waals surface area (Å²) in [6, 6.07) is 8.51. The van der Waals surface area contributed by atoms with E-state index in [1.807, 2.05) is 26.0 Å². The molecule has 3 aromatic heterocycles. The van der Waals surface area contributed by atoms with Gasteiger partial charge in [-0.05, 0) is 56.0 Å². The van der Waals surface area contributed by atoms with E-state index in [4.69, 9.17) is 9.40 Å². The molecule has 0 saturated heterocycles. The molecular weight excluding hydrogens is 352 g/mol. The van der Waals surface area contributed by atoms with Gasteiger partial charge in [-0.15, -0.1) is 0 Å². The van der Waals surface area contributed by atoms with E-state index in [0.717, 1.165) is 52.1 Å². The number of anilines is 1. The van der Waals surface area contributed by atoms with E-state index in [9.17, 15) is 5.26 Å². The van der Waals surface area contributed by atoms with Gasteiger partial charge in [0.25, 0.3) is 0 Å². The monoisotopic (exact) mass is 370 g/mol. The lowest BCUT2D eigenvalue weighted by atomic mass is 10.0. The van der Waals surface area contributed by atoms with E-state index >= 15 is 0 Å². The number of hydrogen-bond donors (Lipinski definition) is 2. The van der Waals surface area contributed by atoms with E-state index in [-0.39, 0.29) is 6.04 Å². The number of nitrogens with zero attached hydrogens (tertiary/aromatic N) is 4. The van der Waals surface area contributed by atoms with Crippen molar-refractivity contribution < 1.29 is 4.42 Å². The van der Waals surface area contributed by atoms with Gasteiger partial charge in [0.15, 0.2) is 12.2 Å². The van der Waals surface area contributed by atoms with Crippen LogP contribution < -0.4 is 5.32 Å². The molecule has 1 aliphatic carbocycles. The quantitative estimate of drug-likeness (QED) is 0.560. The Balaban J connectivity index is 1.51. The molecular formula is C21H18N6O. The molecule has 7 heteroatoms. The van der Waals surface area contributed by atoms with Crippen molar-refractivity contribution in [1.29, 1.82) is 5.26 Å². The summed E-state index contributed by atoms with van der Waals surface area (Å²) in [4.78, 5) is 8.73. The van der Waals surface area contributed by atoms with Gasteiger partial charge < -0.3 is 9.73 Å². The summed E-state index contributed by atoms with van der Waals surface area (Å²) in [6.07, 6.45) is 4.94. The average Bonchev–Trinajstić information content (AvgIpc) is 3.42. The first-order valence-corrected chi connectivity index (χ1v) is 9.19. The second kappa shape index (κ2) is 6.20. The molecule has 0 amide bonds. The van der Waals surface area contributed by atoms with E-state index in [0.29, 0.717) is 11.3 Å². The Bertz CT molecular complexity index is 1230. The molecule has 0 unspecified atom stereocenters. The molecule has 2 N–H and O–H groups in total. The van der Waals surface area contributed by atoms with Crippen molar-refractivity contribution in [1.82, 2.24) is 20.2 Å². The van der Waals surface area contributed by atoms with Crippen molar-refractivity contribution in [2.75, 3.05) is 5.32 Å². The summed E-state index contributed by atoms with van der Waals surface area (Å²) in [5.74, 6) is 0.631. The van der Waals surface area contributed by atoms with Crippen LogP contribution in [0, 0.1) is 25.2 Å². The maximum absolute atomic E-state index is 9.39. The first kappa shape index (κ1) is 16.5. The molecule has 5 rings (SSSR count). The predicted molar refractivity (Wildman–Crippen MR) is 105 cm³/mol. The van der Waals surface area contributed by atoms with Gasteiger partial charge in [0.1, 0.15) is 11.8 Å². The van der Waals surface area contributed by atoms with Crippen LogP contribution in [0.5, 0.6) is 0 Å². The van der Waals surface area contributed by atoms with E-state index in [1.165, 1.54) is 12.0 Å². The second-order valence-corrected chi connectivity index (χ2v) is 7.11. The van der Waals surface area contributed by atoms with E-state index in [2.05, 4.69) is 32.6 Å². The van der Waals surface area contributed by atoms with Gasteiger partial charge >= 0.3 is 0 Å². The number of pyridine rings is 1. The summed E-state index contributed by atoms with van der Waals surface area (Å²) in [5, 5.41) is 21.4. The minimum absolute atomic E-state index is 0.123. The van der Waals surface area contributed by atoms with Crippen LogP contribution in [-0.2, 0) is 6.42 Å². The lowest BCUT2D eigenvalue weighted by molar-refractivity contribution is 0.570. The molecule has 4 aromatic rings. The number of nitrogens with one attached hydrogen (secondary N) is 2. The van der Waals surface area contributed by atoms with Gasteiger partial charge in [-0.2, -0.15) is 10.4 Å². The van der Waals surface area contributed by atoms with Crippen molar-refractivity contribution in [3.05, 3.63) is 58.9 Å². The van der Waals surface area contributed by atoms with Crippen LogP contribution in [0.2, 0.25) is 0 Å². The van der Waals surface area contributed by atoms with Gasteiger partial charge in [-0.25, -0.2) is 4.98 Å². The molecule has 0 radical (unpaired) electrons. The number of aromatic nitrogens is 4. The van der Waals surface area contributed by atoms with Crippen molar-refractivity contribution in [2.45, 2.75) is 32.7 Å². The van der Waals surface area contributed by atoms with Gasteiger partial charge in [0.2, 0.25) is 0 Å². The molecule has 0 fully saturated rings. The zero-order chi connectivity index (χ0) is 19.3. The summed E-state index contributed by atoms with van der Waals surface area (Å²) < 4.78 is 5.40. The number of rotatable bonds is 3. The van der Waals surface area contributed by atoms with Gasteiger partial charge in [0.05, 0.1) is 34.7 Å². The number of benzene rings is 1. The molecule has 3 heterocycles. The number of H-pyrrole nitrogens is 1. The summed E-state index contributed by atoms with van der Waals surface area (Å²) in [6.45, 7) is 3.93. The minimum atomic E-state index is 0.123. The highest BCUT2D eigenvalue weighted by Crippen LogP contribution is 2.37. The lowest BCUT2D eigenvalue weighted by Gasteiger charge is -2.16. The molecule has 0 saturated carbocycles. The van der Waals surface area contributed by atoms with Gasteiger partial charge in [-0.1, -0.05) is 0 Å². The average molecular weight is 370 g/mol. The molecule has 1 aliphatic rings. The van der Waals surface area contributed by atoms with E-state index in [1.54, 1.807) is 6.20 Å². The third-order valence-electron chi connectivity index (χ3n) is 5.48. The fourth-order valence-electron chi connectivity index (χ4n) is 4.08. The number of nitriles is 1. The first-order valence-electron chi connectivity index (χ1n) is 9.19. The normalized spacial score (nSPS) is 15.5. The van der Waals surface area contributed by atoms with Crippen molar-refractivity contribution in [2.24, 2.45) is 0 Å². The summed E-state index contributed by atoms with van der Waals surface area (Å²) in [7, 11) is 0. The smallest absolute Gasteiger partial charge is 0.181 e. The zero-order valence-electron chi connectivity index (χ0n) is 15.6. The third kappa shape index (κ3) is 2.46. The maximum Gasteiger partial charge on any atom is 0.181 e. The zero-order valence-corrected chi connectivity index (χ0v) is 15.6. The maximum atomic E-state index is 9.39. The van der Waals surface area contributed by atoms with Crippen LogP contribution in [-0.4, -0.2) is 20.2 Å². The summed E-state index contributed by atoms with van der Waals surface area (Å²) >= 11 is 0. The lowest BCUT2D eigenvalue weighted by Crippen LogP contribution is -2.10. The molecule has 0 spiro atoms. The largest absolute Gasteiger partial charge is 0.442 e. The van der Waals surface area contributed by atoms with Crippen molar-refractivity contribution >= 4 is 16.6 Å². The van der Waals surface area contributed by atoms with E-state index < -0.39 is 0 Å². The molecule has 28 heavy (non-hydrogen) atoms. The Hall–Kier alpha value is -3.66. The first-order chi connectivity index (χ1) is 13.7. The number of oxazole rings is 1. The van der Waals surface area contributed by atoms with Crippen LogP contribution in [0.4, 0.5) is 5.69 Å². The topological polar surface area (TPSA) is 103 Å². The predicted octanol–water partition coefficient (Wildman–Crippen LogP) is 4.20. The van der Waals surface area contributed by atoms with Crippen molar-refractivity contribution in [3.8, 4) is 17.5 Å². The standard InChI is InChI=1S/C21H18N6O/c1-11-14-4-6-18(20(14)24-12(2)16(11)8-22)25-13-3-5-17-15(7-13)21(27-26-17)19-9-23-10-28-19/h3,5,7,9-10,18,25H,4,6H2,1-2H3,(H,26,27)/t18-/m0/s1. The highest BCUT2D eigenvalue weighted by atomic mass is 16.3. The second-order valence-electron chi connectivity index (χ2n) is 7.11. The molecule has 0 bridgehead atoms. The Labute approximate surface area is 161 Å². The molecule has 0 aliphatic heterocycles. The Morgan fingerprint density at radius 3 is 3.00 bits per heavy atom. The highest BCUT2D eigenvalue weighted by molar-refractivity contribution is 5.93. The van der Waals surface area contributed by atoms with Crippen molar-refractivity contribution in [3.63, 3.8) is 0 Å². The van der Waals surface area contributed by atoms with Crippen LogP contribution in [0.3, 0.4) is 0 Å². The van der Waals surface area contributed by atoms with Gasteiger partial charge in [0, 0.05) is 11.1 Å². The Morgan fingerprint density at radius 2 is 2.21 bits per heavy atom. The fraction of sp³-hybridized carbons (Fsp3) is 0.238.